The highest BCUT2D eigenvalue weighted by Gasteiger charge is 2.47. The van der Waals surface area contributed by atoms with Crippen molar-refractivity contribution in [2.24, 2.45) is 0 Å². The molecule has 0 spiro atoms. The van der Waals surface area contributed by atoms with Crippen molar-refractivity contribution < 1.29 is 8.42 Å². The van der Waals surface area contributed by atoms with Crippen LogP contribution in [0, 0.1) is 0 Å². The first-order valence-corrected chi connectivity index (χ1v) is 11.5. The molecule has 2 fully saturated rings. The summed E-state index contributed by atoms with van der Waals surface area (Å²) in [6.07, 6.45) is 10.8. The maximum absolute atomic E-state index is 13.2. The molecule has 3 aliphatic rings. The third kappa shape index (κ3) is 2.75. The van der Waals surface area contributed by atoms with Crippen LogP contribution in [0.3, 0.4) is 0 Å². The second kappa shape index (κ2) is 6.08. The lowest BCUT2D eigenvalue weighted by atomic mass is 9.92. The van der Waals surface area contributed by atoms with Gasteiger partial charge in [0.25, 0.3) is 0 Å². The Morgan fingerprint density at radius 2 is 1.70 bits per heavy atom. The second-order valence-electron chi connectivity index (χ2n) is 7.19. The van der Waals surface area contributed by atoms with Gasteiger partial charge in [0.2, 0.25) is 10.0 Å². The van der Waals surface area contributed by atoms with Crippen LogP contribution in [-0.2, 0) is 22.9 Å². The Morgan fingerprint density at radius 3 is 2.35 bits per heavy atom. The first-order chi connectivity index (χ1) is 11.1. The fourth-order valence-corrected chi connectivity index (χ4v) is 7.43. The van der Waals surface area contributed by atoms with Crippen molar-refractivity contribution in [2.45, 2.75) is 73.6 Å². The summed E-state index contributed by atoms with van der Waals surface area (Å²) in [5.74, 6) is 0. The molecule has 0 N–H and O–H groups in total. The largest absolute Gasteiger partial charge is 0.243 e. The lowest BCUT2D eigenvalue weighted by Gasteiger charge is -2.37. The molecule has 1 aliphatic carbocycles. The van der Waals surface area contributed by atoms with Crippen molar-refractivity contribution in [1.82, 2.24) is 4.31 Å². The summed E-state index contributed by atoms with van der Waals surface area (Å²) in [5, 5.41) is 0.627. The van der Waals surface area contributed by atoms with Gasteiger partial charge in [0.1, 0.15) is 0 Å². The molecule has 126 valence electrons. The monoisotopic (exact) mass is 351 g/mol. The minimum Gasteiger partial charge on any atom is -0.207 e. The molecule has 2 unspecified atom stereocenters. The molecule has 5 heteroatoms. The number of piperidine rings is 1. The minimum absolute atomic E-state index is 0.215. The van der Waals surface area contributed by atoms with Gasteiger partial charge in [-0.25, -0.2) is 8.42 Å². The normalized spacial score (nSPS) is 31.1. The van der Waals surface area contributed by atoms with Crippen LogP contribution >= 0.6 is 11.8 Å². The number of thioether (sulfide) groups is 1. The average Bonchev–Trinajstić information content (AvgIpc) is 2.86. The number of hydrogen-bond acceptors (Lipinski definition) is 3. The van der Waals surface area contributed by atoms with Crippen LogP contribution in [-0.4, -0.2) is 36.3 Å². The minimum atomic E-state index is -3.34. The SMILES string of the molecule is CSC1CC2CCC(C1)N2S(=O)(=O)c1ccc2c(c1)CCCC2. The Balaban J connectivity index is 1.66. The van der Waals surface area contributed by atoms with Crippen molar-refractivity contribution >= 4 is 21.8 Å². The van der Waals surface area contributed by atoms with E-state index in [9.17, 15) is 8.42 Å². The first-order valence-electron chi connectivity index (χ1n) is 8.78. The molecule has 1 aromatic rings. The quantitative estimate of drug-likeness (QED) is 0.835. The van der Waals surface area contributed by atoms with Crippen LogP contribution in [0.15, 0.2) is 23.1 Å². The number of sulfonamides is 1. The Hall–Kier alpha value is -0.520. The van der Waals surface area contributed by atoms with Gasteiger partial charge < -0.3 is 0 Å². The van der Waals surface area contributed by atoms with Gasteiger partial charge in [-0.2, -0.15) is 16.1 Å². The molecule has 2 saturated heterocycles. The summed E-state index contributed by atoms with van der Waals surface area (Å²) in [6, 6.07) is 6.29. The molecule has 0 aromatic heterocycles. The number of hydrogen-bond donors (Lipinski definition) is 0. The molecule has 3 nitrogen and oxygen atoms in total. The predicted molar refractivity (Wildman–Crippen MR) is 95.5 cm³/mol. The summed E-state index contributed by atoms with van der Waals surface area (Å²) in [5.41, 5.74) is 2.60. The van der Waals surface area contributed by atoms with E-state index in [0.29, 0.717) is 10.1 Å². The van der Waals surface area contributed by atoms with E-state index in [1.807, 2.05) is 28.2 Å². The summed E-state index contributed by atoms with van der Waals surface area (Å²) in [7, 11) is -3.34. The van der Waals surface area contributed by atoms with Gasteiger partial charge in [0, 0.05) is 17.3 Å². The molecule has 2 heterocycles. The molecule has 2 atom stereocenters. The van der Waals surface area contributed by atoms with Crippen LogP contribution in [0.4, 0.5) is 0 Å². The highest BCUT2D eigenvalue weighted by molar-refractivity contribution is 7.99. The number of aryl methyl sites for hydroxylation is 2. The zero-order chi connectivity index (χ0) is 16.0. The van der Waals surface area contributed by atoms with E-state index in [1.54, 1.807) is 0 Å². The third-order valence-electron chi connectivity index (χ3n) is 5.85. The lowest BCUT2D eigenvalue weighted by molar-refractivity contribution is 0.253. The zero-order valence-electron chi connectivity index (χ0n) is 13.7. The molecule has 2 bridgehead atoms. The van der Waals surface area contributed by atoms with E-state index >= 15 is 0 Å². The van der Waals surface area contributed by atoms with Gasteiger partial charge in [-0.3, -0.25) is 0 Å². The van der Waals surface area contributed by atoms with Gasteiger partial charge in [-0.15, -0.1) is 0 Å². The van der Waals surface area contributed by atoms with Crippen molar-refractivity contribution in [3.05, 3.63) is 29.3 Å². The average molecular weight is 352 g/mol. The Labute approximate surface area is 143 Å². The fraction of sp³-hybridized carbons (Fsp3) is 0.667. The highest BCUT2D eigenvalue weighted by Crippen LogP contribution is 2.43. The number of rotatable bonds is 3. The molecule has 2 aliphatic heterocycles. The maximum atomic E-state index is 13.2. The Kier molecular flexibility index (Phi) is 4.23. The van der Waals surface area contributed by atoms with E-state index in [2.05, 4.69) is 12.3 Å². The van der Waals surface area contributed by atoms with E-state index in [1.165, 1.54) is 24.0 Å². The summed E-state index contributed by atoms with van der Waals surface area (Å²) in [6.45, 7) is 0. The zero-order valence-corrected chi connectivity index (χ0v) is 15.3. The summed E-state index contributed by atoms with van der Waals surface area (Å²) < 4.78 is 28.4. The lowest BCUT2D eigenvalue weighted by Crippen LogP contribution is -2.47. The molecular weight excluding hydrogens is 326 g/mol. The van der Waals surface area contributed by atoms with Gasteiger partial charge in [-0.1, -0.05) is 6.07 Å². The molecule has 23 heavy (non-hydrogen) atoms. The Bertz CT molecular complexity index is 687. The fourth-order valence-electron chi connectivity index (χ4n) is 4.66. The maximum Gasteiger partial charge on any atom is 0.243 e. The summed E-state index contributed by atoms with van der Waals surface area (Å²) in [4.78, 5) is 0.526. The van der Waals surface area contributed by atoms with Crippen LogP contribution in [0.1, 0.15) is 49.7 Å². The van der Waals surface area contributed by atoms with Gasteiger partial charge >= 0.3 is 0 Å². The van der Waals surface area contributed by atoms with Crippen LogP contribution in [0.5, 0.6) is 0 Å². The molecule has 1 aromatic carbocycles. The van der Waals surface area contributed by atoms with Crippen molar-refractivity contribution in [3.63, 3.8) is 0 Å². The standard InChI is InChI=1S/C18H25NO2S2/c1-22-17-11-15-7-8-16(12-17)19(15)23(20,21)18-9-6-13-4-2-3-5-14(13)10-18/h6,9-10,15-17H,2-5,7-8,11-12H2,1H3. The summed E-state index contributed by atoms with van der Waals surface area (Å²) >= 11 is 1.90. The third-order valence-corrected chi connectivity index (χ3v) is 8.90. The smallest absolute Gasteiger partial charge is 0.207 e. The van der Waals surface area contributed by atoms with Crippen molar-refractivity contribution in [3.8, 4) is 0 Å². The number of fused-ring (bicyclic) bond motifs is 3. The highest BCUT2D eigenvalue weighted by atomic mass is 32.2. The van der Waals surface area contributed by atoms with Gasteiger partial charge in [0.15, 0.2) is 0 Å². The molecular formula is C18H25NO2S2. The predicted octanol–water partition coefficient (Wildman–Crippen LogP) is 3.61. The van der Waals surface area contributed by atoms with Crippen molar-refractivity contribution in [2.75, 3.05) is 6.26 Å². The second-order valence-corrected chi connectivity index (χ2v) is 10.2. The van der Waals surface area contributed by atoms with Gasteiger partial charge in [-0.05, 0) is 80.9 Å². The van der Waals surface area contributed by atoms with E-state index in [4.69, 9.17) is 0 Å². The van der Waals surface area contributed by atoms with Crippen molar-refractivity contribution in [1.29, 1.82) is 0 Å². The topological polar surface area (TPSA) is 37.4 Å². The van der Waals surface area contributed by atoms with Crippen LogP contribution in [0.2, 0.25) is 0 Å². The Morgan fingerprint density at radius 1 is 1.04 bits per heavy atom. The number of benzene rings is 1. The van der Waals surface area contributed by atoms with E-state index in [0.717, 1.165) is 38.5 Å². The first kappa shape index (κ1) is 16.0. The van der Waals surface area contributed by atoms with E-state index in [-0.39, 0.29) is 12.1 Å². The van der Waals surface area contributed by atoms with Crippen LogP contribution < -0.4 is 0 Å². The van der Waals surface area contributed by atoms with Gasteiger partial charge in [0.05, 0.1) is 4.90 Å². The van der Waals surface area contributed by atoms with E-state index < -0.39 is 10.0 Å². The molecule has 0 saturated carbocycles. The molecule has 0 radical (unpaired) electrons. The number of nitrogens with zero attached hydrogens (tertiary/aromatic N) is 1. The molecule has 4 rings (SSSR count). The molecule has 0 amide bonds. The van der Waals surface area contributed by atoms with Crippen LogP contribution in [0.25, 0.3) is 0 Å².